The number of carboxylic acid groups (broad SMARTS) is 1. The molecule has 0 heterocycles. The van der Waals surface area contributed by atoms with Gasteiger partial charge in [-0.15, -0.1) is 0 Å². The Hall–Kier alpha value is -2.82. The van der Waals surface area contributed by atoms with E-state index in [1.807, 2.05) is 6.07 Å². The monoisotopic (exact) mass is 285 g/mol. The lowest BCUT2D eigenvalue weighted by Gasteiger charge is -2.06. The highest BCUT2D eigenvalue weighted by molar-refractivity contribution is 5.89. The lowest BCUT2D eigenvalue weighted by atomic mass is 10.2. The molecule has 108 valence electrons. The fourth-order valence-corrected chi connectivity index (χ4v) is 1.77. The van der Waals surface area contributed by atoms with Crippen LogP contribution in [0.1, 0.15) is 15.9 Å². The average Bonchev–Trinajstić information content (AvgIpc) is 2.52. The number of nitrogens with zero attached hydrogens (tertiary/aromatic N) is 1. The van der Waals surface area contributed by atoms with Gasteiger partial charge in [-0.2, -0.15) is 0 Å². The minimum atomic E-state index is -0.958. The largest absolute Gasteiger partial charge is 0.497 e. The summed E-state index contributed by atoms with van der Waals surface area (Å²) in [6, 6.07) is 11.7. The van der Waals surface area contributed by atoms with Crippen LogP contribution in [0.4, 0.5) is 5.69 Å². The number of benzene rings is 2. The summed E-state index contributed by atoms with van der Waals surface area (Å²) in [5, 5.41) is 8.84. The van der Waals surface area contributed by atoms with Gasteiger partial charge in [0.1, 0.15) is 11.5 Å². The molecule has 2 aromatic rings. The van der Waals surface area contributed by atoms with Gasteiger partial charge in [-0.3, -0.25) is 4.99 Å². The summed E-state index contributed by atoms with van der Waals surface area (Å²) in [5.74, 6) is 0.431. The molecule has 0 atom stereocenters. The third-order valence-corrected chi connectivity index (χ3v) is 2.90. The van der Waals surface area contributed by atoms with Crippen LogP contribution in [0.25, 0.3) is 0 Å². The zero-order valence-corrected chi connectivity index (χ0v) is 11.7. The summed E-state index contributed by atoms with van der Waals surface area (Å²) in [6.45, 7) is 0. The lowest BCUT2D eigenvalue weighted by Crippen LogP contribution is -1.94. The molecule has 2 aromatic carbocycles. The smallest absolute Gasteiger partial charge is 0.335 e. The maximum Gasteiger partial charge on any atom is 0.335 e. The van der Waals surface area contributed by atoms with Gasteiger partial charge >= 0.3 is 5.97 Å². The first-order chi connectivity index (χ1) is 10.1. The van der Waals surface area contributed by atoms with E-state index in [0.717, 1.165) is 5.56 Å². The molecule has 0 aromatic heterocycles. The quantitative estimate of drug-likeness (QED) is 0.857. The molecule has 0 unspecified atom stereocenters. The van der Waals surface area contributed by atoms with Gasteiger partial charge in [-0.25, -0.2) is 4.79 Å². The van der Waals surface area contributed by atoms with E-state index in [2.05, 4.69) is 4.99 Å². The number of carboxylic acids is 1. The number of ether oxygens (including phenoxy) is 2. The summed E-state index contributed by atoms with van der Waals surface area (Å²) in [6.07, 6.45) is 1.65. The summed E-state index contributed by atoms with van der Waals surface area (Å²) in [4.78, 5) is 15.1. The molecule has 0 aliphatic rings. The van der Waals surface area contributed by atoms with Gasteiger partial charge in [-0.05, 0) is 42.5 Å². The molecule has 21 heavy (non-hydrogen) atoms. The standard InChI is InChI=1S/C16H15NO4/c1-20-14-7-8-15(21-2)12(9-14)10-17-13-5-3-11(4-6-13)16(18)19/h3-10H,1-2H3,(H,18,19)/b17-10+. The molecule has 0 saturated heterocycles. The van der Waals surface area contributed by atoms with Gasteiger partial charge in [0.2, 0.25) is 0 Å². The average molecular weight is 285 g/mol. The van der Waals surface area contributed by atoms with Crippen molar-refractivity contribution in [1.82, 2.24) is 0 Å². The van der Waals surface area contributed by atoms with Crippen molar-refractivity contribution in [3.8, 4) is 11.5 Å². The molecule has 0 aliphatic heterocycles. The fraction of sp³-hybridized carbons (Fsp3) is 0.125. The predicted octanol–water partition coefficient (Wildman–Crippen LogP) is 3.15. The SMILES string of the molecule is COc1ccc(OC)c(/C=N/c2ccc(C(=O)O)cc2)c1. The van der Waals surface area contributed by atoms with Crippen molar-refractivity contribution in [2.75, 3.05) is 14.2 Å². The highest BCUT2D eigenvalue weighted by atomic mass is 16.5. The van der Waals surface area contributed by atoms with Gasteiger partial charge in [-0.1, -0.05) is 0 Å². The highest BCUT2D eigenvalue weighted by Crippen LogP contribution is 2.23. The minimum Gasteiger partial charge on any atom is -0.497 e. The first-order valence-electron chi connectivity index (χ1n) is 6.23. The summed E-state index contributed by atoms with van der Waals surface area (Å²) < 4.78 is 10.4. The molecular formula is C16H15NO4. The molecule has 0 fully saturated rings. The first-order valence-corrected chi connectivity index (χ1v) is 6.23. The van der Waals surface area contributed by atoms with Gasteiger partial charge in [0.15, 0.2) is 0 Å². The normalized spacial score (nSPS) is 10.6. The van der Waals surface area contributed by atoms with E-state index < -0.39 is 5.97 Å². The van der Waals surface area contributed by atoms with Gasteiger partial charge < -0.3 is 14.6 Å². The molecule has 0 amide bonds. The second-order valence-corrected chi connectivity index (χ2v) is 4.22. The molecule has 0 saturated carbocycles. The van der Waals surface area contributed by atoms with Crippen molar-refractivity contribution in [2.45, 2.75) is 0 Å². The predicted molar refractivity (Wildman–Crippen MR) is 80.2 cm³/mol. The molecule has 1 N–H and O–H groups in total. The van der Waals surface area contributed by atoms with Crippen molar-refractivity contribution >= 4 is 17.9 Å². The second kappa shape index (κ2) is 6.56. The molecule has 0 bridgehead atoms. The van der Waals surface area contributed by atoms with Crippen LogP contribution in [-0.2, 0) is 0 Å². The third kappa shape index (κ3) is 3.60. The van der Waals surface area contributed by atoms with E-state index in [9.17, 15) is 4.79 Å². The fourth-order valence-electron chi connectivity index (χ4n) is 1.77. The van der Waals surface area contributed by atoms with E-state index in [0.29, 0.717) is 17.2 Å². The van der Waals surface area contributed by atoms with Gasteiger partial charge in [0.05, 0.1) is 25.5 Å². The van der Waals surface area contributed by atoms with Crippen molar-refractivity contribution < 1.29 is 19.4 Å². The number of hydrogen-bond acceptors (Lipinski definition) is 4. The Morgan fingerprint density at radius 2 is 1.81 bits per heavy atom. The Morgan fingerprint density at radius 1 is 1.10 bits per heavy atom. The molecule has 5 nitrogen and oxygen atoms in total. The molecule has 0 aliphatic carbocycles. The topological polar surface area (TPSA) is 68.1 Å². The maximum absolute atomic E-state index is 10.8. The van der Waals surface area contributed by atoms with E-state index in [1.54, 1.807) is 44.7 Å². The van der Waals surface area contributed by atoms with E-state index in [4.69, 9.17) is 14.6 Å². The summed E-state index contributed by atoms with van der Waals surface area (Å²) in [7, 11) is 3.17. The number of carbonyl (C=O) groups is 1. The molecular weight excluding hydrogens is 270 g/mol. The molecule has 2 rings (SSSR count). The Bertz CT molecular complexity index is 662. The maximum atomic E-state index is 10.8. The second-order valence-electron chi connectivity index (χ2n) is 4.22. The zero-order valence-electron chi connectivity index (χ0n) is 11.7. The lowest BCUT2D eigenvalue weighted by molar-refractivity contribution is 0.0697. The Labute approximate surface area is 122 Å². The summed E-state index contributed by atoms with van der Waals surface area (Å²) >= 11 is 0. The van der Waals surface area contributed by atoms with E-state index in [-0.39, 0.29) is 5.56 Å². The molecule has 0 radical (unpaired) electrons. The number of aliphatic imine (C=N–C) groups is 1. The first kappa shape index (κ1) is 14.6. The highest BCUT2D eigenvalue weighted by Gasteiger charge is 2.03. The van der Waals surface area contributed by atoms with Gasteiger partial charge in [0.25, 0.3) is 0 Å². The number of rotatable bonds is 5. The van der Waals surface area contributed by atoms with Gasteiger partial charge in [0, 0.05) is 11.8 Å². The zero-order chi connectivity index (χ0) is 15.2. The Morgan fingerprint density at radius 3 is 2.38 bits per heavy atom. The summed E-state index contributed by atoms with van der Waals surface area (Å²) in [5.41, 5.74) is 1.66. The molecule has 5 heteroatoms. The van der Waals surface area contributed by atoms with Crippen LogP contribution in [-0.4, -0.2) is 31.5 Å². The Balaban J connectivity index is 2.25. The van der Waals surface area contributed by atoms with Crippen LogP contribution in [0.5, 0.6) is 11.5 Å². The number of hydrogen-bond donors (Lipinski definition) is 1. The van der Waals surface area contributed by atoms with Crippen molar-refractivity contribution in [2.24, 2.45) is 4.99 Å². The molecule has 0 spiro atoms. The Kier molecular flexibility index (Phi) is 4.56. The van der Waals surface area contributed by atoms with Crippen molar-refractivity contribution in [3.05, 3.63) is 53.6 Å². The van der Waals surface area contributed by atoms with E-state index >= 15 is 0 Å². The van der Waals surface area contributed by atoms with Crippen molar-refractivity contribution in [3.63, 3.8) is 0 Å². The van der Waals surface area contributed by atoms with Crippen LogP contribution in [0, 0.1) is 0 Å². The third-order valence-electron chi connectivity index (χ3n) is 2.90. The van der Waals surface area contributed by atoms with Crippen LogP contribution in [0.15, 0.2) is 47.5 Å². The number of aromatic carboxylic acids is 1. The van der Waals surface area contributed by atoms with Crippen LogP contribution >= 0.6 is 0 Å². The minimum absolute atomic E-state index is 0.230. The van der Waals surface area contributed by atoms with Crippen molar-refractivity contribution in [1.29, 1.82) is 0 Å². The van der Waals surface area contributed by atoms with Crippen LogP contribution in [0.3, 0.4) is 0 Å². The van der Waals surface area contributed by atoms with Crippen LogP contribution in [0.2, 0.25) is 0 Å². The van der Waals surface area contributed by atoms with Crippen LogP contribution < -0.4 is 9.47 Å². The van der Waals surface area contributed by atoms with E-state index in [1.165, 1.54) is 12.1 Å². The number of methoxy groups -OCH3 is 2.